The lowest BCUT2D eigenvalue weighted by Crippen LogP contribution is -2.08. The van der Waals surface area contributed by atoms with E-state index in [-0.39, 0.29) is 5.97 Å². The van der Waals surface area contributed by atoms with Crippen molar-refractivity contribution < 1.29 is 9.53 Å². The summed E-state index contributed by atoms with van der Waals surface area (Å²) in [7, 11) is 0. The third-order valence-corrected chi connectivity index (χ3v) is 6.41. The van der Waals surface area contributed by atoms with Crippen LogP contribution in [0.3, 0.4) is 0 Å². The second-order valence-corrected chi connectivity index (χ2v) is 8.54. The maximum atomic E-state index is 13.1. The Balaban J connectivity index is 1.99. The highest BCUT2D eigenvalue weighted by Gasteiger charge is 2.31. The molecular weight excluding hydrogens is 402 g/mol. The van der Waals surface area contributed by atoms with Crippen LogP contribution in [-0.2, 0) is 4.74 Å². The third-order valence-electron chi connectivity index (χ3n) is 5.10. The number of esters is 1. The van der Waals surface area contributed by atoms with Gasteiger partial charge >= 0.3 is 5.97 Å². The van der Waals surface area contributed by atoms with Crippen LogP contribution in [0.2, 0.25) is 5.02 Å². The van der Waals surface area contributed by atoms with E-state index in [2.05, 4.69) is 29.7 Å². The molecule has 0 fully saturated rings. The average molecular weight is 420 g/mol. The fraction of sp³-hybridized carbons (Fsp3) is 0.125. The Morgan fingerprint density at radius 1 is 1.07 bits per heavy atom. The number of nitrogens with zero attached hydrogens (tertiary/aromatic N) is 1. The van der Waals surface area contributed by atoms with Crippen LogP contribution in [0.25, 0.3) is 27.8 Å². The van der Waals surface area contributed by atoms with Crippen LogP contribution in [-0.4, -0.2) is 17.1 Å². The second-order valence-electron chi connectivity index (χ2n) is 7.02. The zero-order chi connectivity index (χ0) is 20.1. The standard InChI is InChI=1S/C24H18ClNO2S/c1-3-28-24(27)21-17-12-16(25)13-20-23(17)26(22(21)15-7-5-4-6-8-15)18-11-14(2)9-10-19(18)29-20/h4-13H,3H2,1-2H3. The molecule has 0 N–H and O–H groups in total. The van der Waals surface area contributed by atoms with Gasteiger partial charge in [0.25, 0.3) is 0 Å². The van der Waals surface area contributed by atoms with E-state index in [9.17, 15) is 4.79 Å². The molecule has 0 aliphatic carbocycles. The van der Waals surface area contributed by atoms with Gasteiger partial charge in [-0.25, -0.2) is 4.79 Å². The molecule has 1 aliphatic rings. The summed E-state index contributed by atoms with van der Waals surface area (Å²) in [4.78, 5) is 15.3. The van der Waals surface area contributed by atoms with Gasteiger partial charge in [0, 0.05) is 20.2 Å². The smallest absolute Gasteiger partial charge is 0.340 e. The minimum atomic E-state index is -0.329. The van der Waals surface area contributed by atoms with Gasteiger partial charge < -0.3 is 9.30 Å². The Morgan fingerprint density at radius 3 is 2.62 bits per heavy atom. The molecule has 29 heavy (non-hydrogen) atoms. The Kier molecular flexibility index (Phi) is 4.41. The van der Waals surface area contributed by atoms with Crippen LogP contribution in [0.5, 0.6) is 0 Å². The lowest BCUT2D eigenvalue weighted by atomic mass is 10.0. The molecule has 0 unspecified atom stereocenters. The van der Waals surface area contributed by atoms with E-state index in [0.29, 0.717) is 17.2 Å². The maximum Gasteiger partial charge on any atom is 0.340 e. The summed E-state index contributed by atoms with van der Waals surface area (Å²) in [5.41, 5.74) is 5.61. The van der Waals surface area contributed by atoms with E-state index in [1.807, 2.05) is 49.4 Å². The second kappa shape index (κ2) is 6.97. The van der Waals surface area contributed by atoms with E-state index in [1.54, 1.807) is 11.8 Å². The number of halogens is 1. The molecule has 5 heteroatoms. The fourth-order valence-electron chi connectivity index (χ4n) is 3.95. The summed E-state index contributed by atoms with van der Waals surface area (Å²) in [6.45, 7) is 4.22. The number of fused-ring (bicyclic) bond motifs is 2. The lowest BCUT2D eigenvalue weighted by molar-refractivity contribution is 0.0529. The van der Waals surface area contributed by atoms with Crippen LogP contribution >= 0.6 is 23.4 Å². The average Bonchev–Trinajstić information content (AvgIpc) is 3.05. The Bertz CT molecular complexity index is 1280. The van der Waals surface area contributed by atoms with Crippen molar-refractivity contribution in [1.29, 1.82) is 0 Å². The zero-order valence-corrected chi connectivity index (χ0v) is 17.6. The maximum absolute atomic E-state index is 13.1. The molecule has 5 rings (SSSR count). The van der Waals surface area contributed by atoms with Crippen LogP contribution in [0.15, 0.2) is 70.5 Å². The molecule has 2 heterocycles. The normalized spacial score (nSPS) is 12.1. The van der Waals surface area contributed by atoms with Crippen molar-refractivity contribution in [2.24, 2.45) is 0 Å². The predicted molar refractivity (Wildman–Crippen MR) is 119 cm³/mol. The number of carbonyl (C=O) groups excluding carboxylic acids is 1. The van der Waals surface area contributed by atoms with Gasteiger partial charge in [0.2, 0.25) is 0 Å². The van der Waals surface area contributed by atoms with Gasteiger partial charge in [0.05, 0.1) is 29.1 Å². The summed E-state index contributed by atoms with van der Waals surface area (Å²) in [5.74, 6) is -0.329. The Hall–Kier alpha value is -2.69. The minimum Gasteiger partial charge on any atom is -0.462 e. The van der Waals surface area contributed by atoms with E-state index in [1.165, 1.54) is 5.56 Å². The quantitative estimate of drug-likeness (QED) is 0.298. The van der Waals surface area contributed by atoms with Crippen molar-refractivity contribution in [2.45, 2.75) is 23.6 Å². The van der Waals surface area contributed by atoms with Gasteiger partial charge in [0.15, 0.2) is 0 Å². The van der Waals surface area contributed by atoms with Gasteiger partial charge in [-0.3, -0.25) is 0 Å². The molecule has 144 valence electrons. The Labute approximate surface area is 178 Å². The summed E-state index contributed by atoms with van der Waals surface area (Å²) < 4.78 is 7.66. The number of benzene rings is 3. The number of rotatable bonds is 3. The molecule has 3 aromatic carbocycles. The van der Waals surface area contributed by atoms with Crippen LogP contribution in [0.1, 0.15) is 22.8 Å². The monoisotopic (exact) mass is 419 g/mol. The van der Waals surface area contributed by atoms with Crippen LogP contribution < -0.4 is 0 Å². The molecule has 1 aromatic heterocycles. The van der Waals surface area contributed by atoms with Gasteiger partial charge in [-0.1, -0.05) is 59.8 Å². The highest BCUT2D eigenvalue weighted by atomic mass is 35.5. The number of ether oxygens (including phenoxy) is 1. The highest BCUT2D eigenvalue weighted by Crippen LogP contribution is 2.49. The largest absolute Gasteiger partial charge is 0.462 e. The Morgan fingerprint density at radius 2 is 1.86 bits per heavy atom. The van der Waals surface area contributed by atoms with Gasteiger partial charge in [-0.15, -0.1) is 0 Å². The van der Waals surface area contributed by atoms with Crippen molar-refractivity contribution in [3.05, 3.63) is 76.8 Å². The van der Waals surface area contributed by atoms with E-state index < -0.39 is 0 Å². The number of carbonyl (C=O) groups is 1. The van der Waals surface area contributed by atoms with Crippen molar-refractivity contribution in [3.63, 3.8) is 0 Å². The highest BCUT2D eigenvalue weighted by molar-refractivity contribution is 7.99. The molecule has 0 bridgehead atoms. The molecule has 0 spiro atoms. The van der Waals surface area contributed by atoms with Crippen molar-refractivity contribution in [1.82, 2.24) is 4.57 Å². The fourth-order valence-corrected chi connectivity index (χ4v) is 5.35. The molecule has 1 aliphatic heterocycles. The summed E-state index contributed by atoms with van der Waals surface area (Å²) in [6.07, 6.45) is 0. The number of hydrogen-bond donors (Lipinski definition) is 0. The first-order chi connectivity index (χ1) is 14.1. The lowest BCUT2D eigenvalue weighted by Gasteiger charge is -2.22. The van der Waals surface area contributed by atoms with E-state index in [0.717, 1.165) is 37.6 Å². The van der Waals surface area contributed by atoms with Crippen molar-refractivity contribution >= 4 is 40.2 Å². The van der Waals surface area contributed by atoms with Gasteiger partial charge in [-0.05, 0) is 49.2 Å². The zero-order valence-electron chi connectivity index (χ0n) is 16.0. The molecule has 0 atom stereocenters. The molecular formula is C24H18ClNO2S. The minimum absolute atomic E-state index is 0.317. The van der Waals surface area contributed by atoms with Crippen LogP contribution in [0, 0.1) is 6.92 Å². The summed E-state index contributed by atoms with van der Waals surface area (Å²) >= 11 is 8.15. The summed E-state index contributed by atoms with van der Waals surface area (Å²) in [6, 6.07) is 20.2. The number of hydrogen-bond acceptors (Lipinski definition) is 3. The molecule has 4 aromatic rings. The molecule has 0 saturated heterocycles. The number of aromatic nitrogens is 1. The summed E-state index contributed by atoms with van der Waals surface area (Å²) in [5, 5.41) is 1.43. The van der Waals surface area contributed by atoms with Crippen molar-refractivity contribution in [2.75, 3.05) is 6.61 Å². The molecule has 0 amide bonds. The molecule has 0 saturated carbocycles. The van der Waals surface area contributed by atoms with Gasteiger partial charge in [-0.2, -0.15) is 0 Å². The first-order valence-corrected chi connectivity index (χ1v) is 10.7. The molecule has 3 nitrogen and oxygen atoms in total. The number of aryl methyl sites for hydroxylation is 1. The van der Waals surface area contributed by atoms with Crippen molar-refractivity contribution in [3.8, 4) is 16.9 Å². The SMILES string of the molecule is CCOC(=O)c1c(-c2ccccc2)n2c3c(cc(Cl)cc13)Sc1ccc(C)cc1-2. The first kappa shape index (κ1) is 18.3. The first-order valence-electron chi connectivity index (χ1n) is 9.48. The van der Waals surface area contributed by atoms with E-state index >= 15 is 0 Å². The topological polar surface area (TPSA) is 31.2 Å². The van der Waals surface area contributed by atoms with Gasteiger partial charge in [0.1, 0.15) is 0 Å². The third kappa shape index (κ3) is 2.86. The van der Waals surface area contributed by atoms with Crippen LogP contribution in [0.4, 0.5) is 0 Å². The predicted octanol–water partition coefficient (Wildman–Crippen LogP) is 6.90. The van der Waals surface area contributed by atoms with E-state index in [4.69, 9.17) is 16.3 Å². The molecule has 0 radical (unpaired) electrons.